The monoisotopic (exact) mass is 562 g/mol. The quantitative estimate of drug-likeness (QED) is 0.414. The largest absolute Gasteiger partial charge is 0.304 e. The number of nitrogens with one attached hydrogen (secondary N) is 1. The van der Waals surface area contributed by atoms with Gasteiger partial charge in [-0.3, -0.25) is 14.7 Å². The number of pyridine rings is 1. The molecule has 0 radical (unpaired) electrons. The second kappa shape index (κ2) is 12.3. The summed E-state index contributed by atoms with van der Waals surface area (Å²) in [7, 11) is 2.16. The van der Waals surface area contributed by atoms with Crippen LogP contribution in [0.25, 0.3) is 11.1 Å². The number of halogens is 1. The molecule has 9 nitrogen and oxygen atoms in total. The number of rotatable bonds is 8. The van der Waals surface area contributed by atoms with Gasteiger partial charge in [0.15, 0.2) is 5.82 Å². The third-order valence-corrected chi connectivity index (χ3v) is 6.71. The van der Waals surface area contributed by atoms with Gasteiger partial charge in [0.2, 0.25) is 5.82 Å². The number of carbonyl (C=O) groups is 1. The van der Waals surface area contributed by atoms with Crippen LogP contribution in [-0.4, -0.2) is 70.4 Å². The molecule has 2 aromatic heterocycles. The van der Waals surface area contributed by atoms with Gasteiger partial charge in [-0.2, -0.15) is 10.2 Å². The Balaban J connectivity index is 1.60. The number of hydrogen-bond acceptors (Lipinski definition) is 8. The number of nitriles is 1. The van der Waals surface area contributed by atoms with Crippen LogP contribution in [0, 0.1) is 17.2 Å². The van der Waals surface area contributed by atoms with Crippen molar-refractivity contribution < 1.29 is 4.79 Å². The Morgan fingerprint density at radius 3 is 2.68 bits per heavy atom. The van der Waals surface area contributed by atoms with E-state index in [1.165, 1.54) is 16.8 Å². The molecule has 1 saturated heterocycles. The van der Waals surface area contributed by atoms with Crippen LogP contribution in [0.15, 0.2) is 53.4 Å². The minimum absolute atomic E-state index is 0.0219. The Bertz CT molecular complexity index is 1280. The number of piperazine rings is 1. The number of anilines is 1. The molecule has 0 unspecified atom stereocenters. The molecule has 0 aliphatic carbocycles. The van der Waals surface area contributed by atoms with Crippen molar-refractivity contribution in [1.82, 2.24) is 30.2 Å². The SMILES string of the molecule is CC(C)CNN(C(=O)c1cncc(-c2cccc(CN3CCN(C)CC3)c2)c1)c1nc(C#N)ncc1Br. The van der Waals surface area contributed by atoms with Crippen molar-refractivity contribution >= 4 is 27.7 Å². The second-order valence-electron chi connectivity index (χ2n) is 9.62. The molecule has 0 spiro atoms. The zero-order valence-corrected chi connectivity index (χ0v) is 22.9. The van der Waals surface area contributed by atoms with E-state index >= 15 is 0 Å². The average Bonchev–Trinajstić information content (AvgIpc) is 2.91. The van der Waals surface area contributed by atoms with Crippen LogP contribution >= 0.6 is 15.9 Å². The van der Waals surface area contributed by atoms with Gasteiger partial charge in [-0.25, -0.2) is 15.4 Å². The van der Waals surface area contributed by atoms with Gasteiger partial charge in [0.05, 0.1) is 10.0 Å². The first-order valence-corrected chi connectivity index (χ1v) is 13.1. The first-order chi connectivity index (χ1) is 17.8. The maximum Gasteiger partial charge on any atom is 0.275 e. The zero-order chi connectivity index (χ0) is 26.4. The molecule has 0 atom stereocenters. The number of aromatic nitrogens is 3. The van der Waals surface area contributed by atoms with Gasteiger partial charge in [-0.05, 0) is 52.2 Å². The second-order valence-corrected chi connectivity index (χ2v) is 10.5. The lowest BCUT2D eigenvalue weighted by molar-refractivity contribution is 0.0971. The predicted molar refractivity (Wildman–Crippen MR) is 147 cm³/mol. The van der Waals surface area contributed by atoms with E-state index in [4.69, 9.17) is 0 Å². The predicted octanol–water partition coefficient (Wildman–Crippen LogP) is 3.73. The lowest BCUT2D eigenvalue weighted by Gasteiger charge is -2.32. The zero-order valence-electron chi connectivity index (χ0n) is 21.4. The number of amides is 1. The molecular formula is C27H31BrN8O. The number of benzene rings is 1. The van der Waals surface area contributed by atoms with Crippen molar-refractivity contribution in [3.8, 4) is 17.2 Å². The molecule has 1 N–H and O–H groups in total. The van der Waals surface area contributed by atoms with Gasteiger partial charge >= 0.3 is 0 Å². The number of likely N-dealkylation sites (N-methyl/N-ethyl adjacent to an activating group) is 1. The van der Waals surface area contributed by atoms with E-state index in [9.17, 15) is 10.1 Å². The summed E-state index contributed by atoms with van der Waals surface area (Å²) in [6.45, 7) is 9.77. The summed E-state index contributed by atoms with van der Waals surface area (Å²) in [5.41, 5.74) is 6.66. The fraction of sp³-hybridized carbons (Fsp3) is 0.370. The third-order valence-electron chi connectivity index (χ3n) is 6.15. The van der Waals surface area contributed by atoms with Gasteiger partial charge in [0.25, 0.3) is 5.91 Å². The van der Waals surface area contributed by atoms with Crippen molar-refractivity contribution in [2.45, 2.75) is 20.4 Å². The van der Waals surface area contributed by atoms with Gasteiger partial charge in [-0.15, -0.1) is 0 Å². The Morgan fingerprint density at radius 1 is 1.16 bits per heavy atom. The van der Waals surface area contributed by atoms with E-state index < -0.39 is 0 Å². The van der Waals surface area contributed by atoms with E-state index in [0.717, 1.165) is 43.9 Å². The van der Waals surface area contributed by atoms with Crippen LogP contribution in [0.2, 0.25) is 0 Å². The van der Waals surface area contributed by atoms with Crippen LogP contribution in [0.3, 0.4) is 0 Å². The van der Waals surface area contributed by atoms with Crippen molar-refractivity contribution in [2.75, 3.05) is 44.8 Å². The Kier molecular flexibility index (Phi) is 8.95. The summed E-state index contributed by atoms with van der Waals surface area (Å²) in [6.07, 6.45) is 4.79. The van der Waals surface area contributed by atoms with Crippen LogP contribution in [0.5, 0.6) is 0 Å². The van der Waals surface area contributed by atoms with Gasteiger partial charge in [0, 0.05) is 63.4 Å². The molecule has 10 heteroatoms. The molecule has 4 rings (SSSR count). The molecule has 1 aromatic carbocycles. The van der Waals surface area contributed by atoms with E-state index in [1.807, 2.05) is 38.1 Å². The van der Waals surface area contributed by atoms with Crippen LogP contribution < -0.4 is 10.4 Å². The highest BCUT2D eigenvalue weighted by molar-refractivity contribution is 9.10. The molecule has 1 fully saturated rings. The lowest BCUT2D eigenvalue weighted by Crippen LogP contribution is -2.45. The maximum absolute atomic E-state index is 13.7. The molecule has 0 saturated carbocycles. The number of hydrogen-bond donors (Lipinski definition) is 1. The van der Waals surface area contributed by atoms with Crippen molar-refractivity contribution in [3.05, 3.63) is 70.3 Å². The topological polar surface area (TPSA) is 101 Å². The normalized spacial score (nSPS) is 14.5. The first-order valence-electron chi connectivity index (χ1n) is 12.3. The van der Waals surface area contributed by atoms with Crippen molar-refractivity contribution in [1.29, 1.82) is 5.26 Å². The van der Waals surface area contributed by atoms with Gasteiger partial charge in [0.1, 0.15) is 6.07 Å². The van der Waals surface area contributed by atoms with Gasteiger partial charge in [-0.1, -0.05) is 32.0 Å². The number of hydrazine groups is 1. The van der Waals surface area contributed by atoms with Crippen LogP contribution in [0.1, 0.15) is 35.6 Å². The third kappa shape index (κ3) is 6.96. The summed E-state index contributed by atoms with van der Waals surface area (Å²) in [5.74, 6) is 0.203. The highest BCUT2D eigenvalue weighted by atomic mass is 79.9. The summed E-state index contributed by atoms with van der Waals surface area (Å²) in [5, 5.41) is 10.6. The minimum atomic E-state index is -0.327. The summed E-state index contributed by atoms with van der Waals surface area (Å²) < 4.78 is 0.497. The summed E-state index contributed by atoms with van der Waals surface area (Å²) >= 11 is 3.42. The van der Waals surface area contributed by atoms with E-state index in [0.29, 0.717) is 16.6 Å². The standard InChI is InChI=1S/C27H31BrN8O/c1-19(2)14-32-36(26-24(28)17-31-25(13-29)33-26)27(37)23-12-22(15-30-16-23)21-6-4-5-20(11-21)18-35-9-7-34(3)8-10-35/h4-6,11-12,15-17,19,32H,7-10,14,18H2,1-3H3. The molecule has 0 bridgehead atoms. The minimum Gasteiger partial charge on any atom is -0.304 e. The average molecular weight is 564 g/mol. The molecule has 192 valence electrons. The Hall–Kier alpha value is -3.23. The van der Waals surface area contributed by atoms with Gasteiger partial charge < -0.3 is 4.90 Å². The van der Waals surface area contributed by atoms with Crippen molar-refractivity contribution in [2.24, 2.45) is 5.92 Å². The fourth-order valence-corrected chi connectivity index (χ4v) is 4.41. The molecule has 1 aliphatic rings. The molecule has 3 aromatic rings. The maximum atomic E-state index is 13.7. The van der Waals surface area contributed by atoms with Crippen LogP contribution in [-0.2, 0) is 6.54 Å². The number of carbonyl (C=O) groups excluding carboxylic acids is 1. The molecule has 3 heterocycles. The van der Waals surface area contributed by atoms with Crippen LogP contribution in [0.4, 0.5) is 5.82 Å². The molecule has 1 aliphatic heterocycles. The fourth-order valence-electron chi connectivity index (χ4n) is 4.04. The molecule has 37 heavy (non-hydrogen) atoms. The Labute approximate surface area is 226 Å². The van der Waals surface area contributed by atoms with E-state index in [2.05, 4.69) is 65.3 Å². The number of nitrogens with zero attached hydrogens (tertiary/aromatic N) is 7. The Morgan fingerprint density at radius 2 is 1.95 bits per heavy atom. The molecular weight excluding hydrogens is 532 g/mol. The van der Waals surface area contributed by atoms with Crippen molar-refractivity contribution in [3.63, 3.8) is 0 Å². The van der Waals surface area contributed by atoms with E-state index in [-0.39, 0.29) is 23.5 Å². The smallest absolute Gasteiger partial charge is 0.275 e. The van der Waals surface area contributed by atoms with E-state index in [1.54, 1.807) is 12.4 Å². The summed E-state index contributed by atoms with van der Waals surface area (Å²) in [4.78, 5) is 31.1. The molecule has 1 amide bonds. The first kappa shape index (κ1) is 26.8. The highest BCUT2D eigenvalue weighted by Crippen LogP contribution is 2.26. The highest BCUT2D eigenvalue weighted by Gasteiger charge is 2.23. The summed E-state index contributed by atoms with van der Waals surface area (Å²) in [6, 6.07) is 12.2. The lowest BCUT2D eigenvalue weighted by atomic mass is 10.0.